The van der Waals surface area contributed by atoms with E-state index in [2.05, 4.69) is 0 Å². The van der Waals surface area contributed by atoms with Crippen molar-refractivity contribution >= 4 is 5.97 Å². The van der Waals surface area contributed by atoms with E-state index >= 15 is 0 Å². The van der Waals surface area contributed by atoms with Crippen molar-refractivity contribution in [3.8, 4) is 0 Å². The van der Waals surface area contributed by atoms with Gasteiger partial charge in [-0.25, -0.2) is 0 Å². The summed E-state index contributed by atoms with van der Waals surface area (Å²) in [5.41, 5.74) is 1.46. The zero-order valence-corrected chi connectivity index (χ0v) is 10.8. The minimum Gasteiger partial charge on any atom is -0.481 e. The van der Waals surface area contributed by atoms with E-state index in [9.17, 15) is 9.90 Å². The van der Waals surface area contributed by atoms with Gasteiger partial charge in [-0.2, -0.15) is 0 Å². The molecule has 18 heavy (non-hydrogen) atoms. The number of benzene rings is 1. The van der Waals surface area contributed by atoms with E-state index in [1.54, 1.807) is 7.11 Å². The van der Waals surface area contributed by atoms with Crippen LogP contribution in [-0.2, 0) is 21.4 Å². The molecule has 1 N–H and O–H groups in total. The van der Waals surface area contributed by atoms with Crippen LogP contribution >= 0.6 is 0 Å². The smallest absolute Gasteiger partial charge is 0.314 e. The number of hydrogen-bond donors (Lipinski definition) is 1. The van der Waals surface area contributed by atoms with Crippen molar-refractivity contribution in [1.82, 2.24) is 0 Å². The van der Waals surface area contributed by atoms with Gasteiger partial charge in [-0.1, -0.05) is 37.1 Å². The highest BCUT2D eigenvalue weighted by Crippen LogP contribution is 2.41. The van der Waals surface area contributed by atoms with Crippen molar-refractivity contribution in [2.24, 2.45) is 0 Å². The van der Waals surface area contributed by atoms with Crippen molar-refractivity contribution in [3.05, 3.63) is 35.4 Å². The Morgan fingerprint density at radius 3 is 2.72 bits per heavy atom. The van der Waals surface area contributed by atoms with Gasteiger partial charge in [0.15, 0.2) is 0 Å². The zero-order chi connectivity index (χ0) is 13.0. The van der Waals surface area contributed by atoms with Crippen LogP contribution in [0.15, 0.2) is 24.3 Å². The number of carboxylic acid groups (broad SMARTS) is 1. The maximum absolute atomic E-state index is 11.6. The monoisotopic (exact) mass is 248 g/mol. The third-order valence-corrected chi connectivity index (χ3v) is 3.94. The number of carboxylic acids is 1. The molecule has 3 heteroatoms. The van der Waals surface area contributed by atoms with E-state index < -0.39 is 11.4 Å². The number of ether oxygens (including phenoxy) is 1. The SMILES string of the molecule is COCCc1cccc(C2(C(=O)O)CCCC2)c1. The summed E-state index contributed by atoms with van der Waals surface area (Å²) in [5.74, 6) is -0.677. The van der Waals surface area contributed by atoms with Crippen LogP contribution < -0.4 is 0 Å². The van der Waals surface area contributed by atoms with E-state index in [1.165, 1.54) is 0 Å². The molecule has 0 bridgehead atoms. The first-order valence-electron chi connectivity index (χ1n) is 6.51. The van der Waals surface area contributed by atoms with Gasteiger partial charge in [0.2, 0.25) is 0 Å². The van der Waals surface area contributed by atoms with Gasteiger partial charge in [0, 0.05) is 7.11 Å². The molecule has 1 saturated carbocycles. The molecule has 3 nitrogen and oxygen atoms in total. The van der Waals surface area contributed by atoms with Crippen molar-refractivity contribution in [2.45, 2.75) is 37.5 Å². The van der Waals surface area contributed by atoms with Gasteiger partial charge in [-0.15, -0.1) is 0 Å². The molecule has 0 spiro atoms. The molecule has 0 aliphatic heterocycles. The Bertz CT molecular complexity index is 420. The summed E-state index contributed by atoms with van der Waals surface area (Å²) in [6.07, 6.45) is 4.37. The molecule has 1 fully saturated rings. The Labute approximate surface area is 108 Å². The molecule has 98 valence electrons. The number of carbonyl (C=O) groups is 1. The lowest BCUT2D eigenvalue weighted by Gasteiger charge is -2.24. The topological polar surface area (TPSA) is 46.5 Å². The highest BCUT2D eigenvalue weighted by atomic mass is 16.5. The molecule has 1 aromatic rings. The molecule has 2 rings (SSSR count). The number of methoxy groups -OCH3 is 1. The third kappa shape index (κ3) is 2.41. The minimum absolute atomic E-state index is 0.650. The lowest BCUT2D eigenvalue weighted by atomic mass is 9.78. The lowest BCUT2D eigenvalue weighted by Crippen LogP contribution is -2.32. The molecule has 0 amide bonds. The Morgan fingerprint density at radius 2 is 2.11 bits per heavy atom. The number of hydrogen-bond acceptors (Lipinski definition) is 2. The summed E-state index contributed by atoms with van der Waals surface area (Å²) in [6, 6.07) is 7.99. The molecule has 1 aromatic carbocycles. The van der Waals surface area contributed by atoms with Gasteiger partial charge < -0.3 is 9.84 Å². The van der Waals surface area contributed by atoms with Gasteiger partial charge in [0.25, 0.3) is 0 Å². The Hall–Kier alpha value is -1.35. The van der Waals surface area contributed by atoms with Crippen LogP contribution in [0.4, 0.5) is 0 Å². The highest BCUT2D eigenvalue weighted by molar-refractivity contribution is 5.81. The standard InChI is InChI=1S/C15H20O3/c1-18-10-7-12-5-4-6-13(11-12)15(14(16)17)8-2-3-9-15/h4-6,11H,2-3,7-10H2,1H3,(H,16,17). The average Bonchev–Trinajstić information content (AvgIpc) is 2.87. The molecule has 0 radical (unpaired) electrons. The lowest BCUT2D eigenvalue weighted by molar-refractivity contribution is -0.143. The van der Waals surface area contributed by atoms with Crippen LogP contribution in [0.3, 0.4) is 0 Å². The fraction of sp³-hybridized carbons (Fsp3) is 0.533. The molecule has 1 aliphatic rings. The highest BCUT2D eigenvalue weighted by Gasteiger charge is 2.42. The number of aliphatic carboxylic acids is 1. The van der Waals surface area contributed by atoms with Gasteiger partial charge in [-0.05, 0) is 30.4 Å². The van der Waals surface area contributed by atoms with Crippen LogP contribution in [0.2, 0.25) is 0 Å². The molecule has 0 aromatic heterocycles. The van der Waals surface area contributed by atoms with Crippen molar-refractivity contribution < 1.29 is 14.6 Å². The Kier molecular flexibility index (Phi) is 4.02. The van der Waals surface area contributed by atoms with Gasteiger partial charge in [-0.3, -0.25) is 4.79 Å². The van der Waals surface area contributed by atoms with E-state index in [-0.39, 0.29) is 0 Å². The zero-order valence-electron chi connectivity index (χ0n) is 10.8. The minimum atomic E-state index is -0.677. The number of rotatable bonds is 5. The van der Waals surface area contributed by atoms with Crippen molar-refractivity contribution in [1.29, 1.82) is 0 Å². The van der Waals surface area contributed by atoms with Crippen LogP contribution in [-0.4, -0.2) is 24.8 Å². The normalized spacial score (nSPS) is 17.8. The van der Waals surface area contributed by atoms with Crippen LogP contribution in [0.1, 0.15) is 36.8 Å². The summed E-state index contributed by atoms with van der Waals surface area (Å²) in [7, 11) is 1.68. The summed E-state index contributed by atoms with van der Waals surface area (Å²) in [5, 5.41) is 9.56. The Balaban J connectivity index is 2.28. The first-order chi connectivity index (χ1) is 8.69. The molecular weight excluding hydrogens is 228 g/mol. The van der Waals surface area contributed by atoms with Crippen LogP contribution in [0, 0.1) is 0 Å². The summed E-state index contributed by atoms with van der Waals surface area (Å²) in [6.45, 7) is 0.670. The van der Waals surface area contributed by atoms with Crippen molar-refractivity contribution in [2.75, 3.05) is 13.7 Å². The second-order valence-electron chi connectivity index (χ2n) is 5.04. The fourth-order valence-electron chi connectivity index (χ4n) is 2.85. The third-order valence-electron chi connectivity index (χ3n) is 3.94. The summed E-state index contributed by atoms with van der Waals surface area (Å²) < 4.78 is 5.07. The van der Waals surface area contributed by atoms with Gasteiger partial charge in [0.1, 0.15) is 0 Å². The molecule has 0 heterocycles. The first kappa shape index (κ1) is 13.1. The first-order valence-corrected chi connectivity index (χ1v) is 6.51. The molecule has 0 unspecified atom stereocenters. The van der Waals surface area contributed by atoms with E-state index in [0.29, 0.717) is 6.61 Å². The van der Waals surface area contributed by atoms with Crippen LogP contribution in [0.5, 0.6) is 0 Å². The summed E-state index contributed by atoms with van der Waals surface area (Å²) in [4.78, 5) is 11.6. The fourth-order valence-corrected chi connectivity index (χ4v) is 2.85. The average molecular weight is 248 g/mol. The van der Waals surface area contributed by atoms with Gasteiger partial charge >= 0.3 is 5.97 Å². The predicted octanol–water partition coefficient (Wildman–Crippen LogP) is 2.77. The van der Waals surface area contributed by atoms with E-state index in [1.807, 2.05) is 24.3 Å². The van der Waals surface area contributed by atoms with Crippen LogP contribution in [0.25, 0.3) is 0 Å². The molecule has 0 saturated heterocycles. The van der Waals surface area contributed by atoms with E-state index in [4.69, 9.17) is 4.74 Å². The molecular formula is C15H20O3. The summed E-state index contributed by atoms with van der Waals surface area (Å²) >= 11 is 0. The maximum atomic E-state index is 11.6. The van der Waals surface area contributed by atoms with Crippen molar-refractivity contribution in [3.63, 3.8) is 0 Å². The van der Waals surface area contributed by atoms with E-state index in [0.717, 1.165) is 43.2 Å². The quantitative estimate of drug-likeness (QED) is 0.871. The van der Waals surface area contributed by atoms with Gasteiger partial charge in [0.05, 0.1) is 12.0 Å². The Morgan fingerprint density at radius 1 is 1.39 bits per heavy atom. The predicted molar refractivity (Wildman–Crippen MR) is 69.8 cm³/mol. The second-order valence-corrected chi connectivity index (χ2v) is 5.04. The second kappa shape index (κ2) is 5.53. The molecule has 0 atom stereocenters. The maximum Gasteiger partial charge on any atom is 0.314 e. The molecule has 1 aliphatic carbocycles. The largest absolute Gasteiger partial charge is 0.481 e.